The lowest BCUT2D eigenvalue weighted by atomic mass is 9.94. The third-order valence-electron chi connectivity index (χ3n) is 4.45. The third kappa shape index (κ3) is 4.27. The van der Waals surface area contributed by atoms with Gasteiger partial charge in [-0.1, -0.05) is 25.1 Å². The number of nitrogens with two attached hydrogens (primary N) is 1. The summed E-state index contributed by atoms with van der Waals surface area (Å²) in [6.45, 7) is 10.5. The number of morpholine rings is 1. The Morgan fingerprint density at radius 1 is 1.38 bits per heavy atom. The van der Waals surface area contributed by atoms with Crippen LogP contribution >= 0.6 is 0 Å². The molecule has 0 saturated carbocycles. The SMILES string of the molecule is CCCN1CCOC(C(Cc2c(C)cccc2C)NN)C1. The number of hydrogen-bond donors (Lipinski definition) is 2. The predicted octanol–water partition coefficient (Wildman–Crippen LogP) is 1.79. The van der Waals surface area contributed by atoms with Gasteiger partial charge in [-0.2, -0.15) is 0 Å². The maximum Gasteiger partial charge on any atom is 0.0871 e. The standard InChI is InChI=1S/C17H29N3O/c1-4-8-20-9-10-21-17(12-20)16(19-18)11-15-13(2)6-5-7-14(15)3/h5-7,16-17,19H,4,8-12,18H2,1-3H3. The molecule has 0 amide bonds. The fourth-order valence-corrected chi connectivity index (χ4v) is 3.18. The van der Waals surface area contributed by atoms with Crippen LogP contribution in [-0.4, -0.2) is 43.3 Å². The van der Waals surface area contributed by atoms with E-state index in [0.29, 0.717) is 0 Å². The van der Waals surface area contributed by atoms with E-state index < -0.39 is 0 Å². The molecule has 1 fully saturated rings. The van der Waals surface area contributed by atoms with Crippen molar-refractivity contribution < 1.29 is 4.74 Å². The third-order valence-corrected chi connectivity index (χ3v) is 4.45. The van der Waals surface area contributed by atoms with Gasteiger partial charge < -0.3 is 4.74 Å². The van der Waals surface area contributed by atoms with Crippen molar-refractivity contribution in [2.45, 2.75) is 45.8 Å². The van der Waals surface area contributed by atoms with Crippen LogP contribution < -0.4 is 11.3 Å². The summed E-state index contributed by atoms with van der Waals surface area (Å²) in [6, 6.07) is 6.60. The lowest BCUT2D eigenvalue weighted by Gasteiger charge is -2.37. The zero-order valence-corrected chi connectivity index (χ0v) is 13.6. The van der Waals surface area contributed by atoms with Crippen LogP contribution in [0.25, 0.3) is 0 Å². The molecule has 1 saturated heterocycles. The largest absolute Gasteiger partial charge is 0.374 e. The van der Waals surface area contributed by atoms with Crippen molar-refractivity contribution in [2.24, 2.45) is 5.84 Å². The monoisotopic (exact) mass is 291 g/mol. The number of benzene rings is 1. The van der Waals surface area contributed by atoms with Gasteiger partial charge in [-0.25, -0.2) is 0 Å². The van der Waals surface area contributed by atoms with Crippen molar-refractivity contribution in [1.29, 1.82) is 0 Å². The minimum absolute atomic E-state index is 0.157. The molecule has 1 heterocycles. The quantitative estimate of drug-likeness (QED) is 0.620. The van der Waals surface area contributed by atoms with E-state index in [1.54, 1.807) is 0 Å². The van der Waals surface area contributed by atoms with Crippen molar-refractivity contribution in [3.8, 4) is 0 Å². The Bertz CT molecular complexity index is 427. The van der Waals surface area contributed by atoms with Crippen LogP contribution in [0.2, 0.25) is 0 Å². The first-order valence-corrected chi connectivity index (χ1v) is 8.00. The summed E-state index contributed by atoms with van der Waals surface area (Å²) in [6.07, 6.45) is 2.26. The first-order valence-electron chi connectivity index (χ1n) is 8.00. The summed E-state index contributed by atoms with van der Waals surface area (Å²) in [5, 5.41) is 0. The van der Waals surface area contributed by atoms with Gasteiger partial charge in [0.15, 0.2) is 0 Å². The molecule has 0 aliphatic carbocycles. The second-order valence-electron chi connectivity index (χ2n) is 6.06. The molecule has 4 heteroatoms. The Balaban J connectivity index is 2.05. The van der Waals surface area contributed by atoms with Crippen molar-refractivity contribution in [2.75, 3.05) is 26.2 Å². The van der Waals surface area contributed by atoms with E-state index in [4.69, 9.17) is 10.6 Å². The summed E-state index contributed by atoms with van der Waals surface area (Å²) < 4.78 is 5.98. The summed E-state index contributed by atoms with van der Waals surface area (Å²) in [5.74, 6) is 5.82. The highest BCUT2D eigenvalue weighted by molar-refractivity contribution is 5.34. The van der Waals surface area contributed by atoms with E-state index in [1.165, 1.54) is 23.1 Å². The minimum Gasteiger partial charge on any atom is -0.374 e. The molecule has 0 spiro atoms. The molecule has 2 unspecified atom stereocenters. The van der Waals surface area contributed by atoms with Gasteiger partial charge in [0.2, 0.25) is 0 Å². The lowest BCUT2D eigenvalue weighted by molar-refractivity contribution is -0.0462. The number of aryl methyl sites for hydroxylation is 2. The van der Waals surface area contributed by atoms with Gasteiger partial charge in [0, 0.05) is 13.1 Å². The molecule has 0 bridgehead atoms. The van der Waals surface area contributed by atoms with Crippen LogP contribution in [0.1, 0.15) is 30.0 Å². The van der Waals surface area contributed by atoms with Gasteiger partial charge in [0.25, 0.3) is 0 Å². The van der Waals surface area contributed by atoms with Gasteiger partial charge in [-0.3, -0.25) is 16.2 Å². The van der Waals surface area contributed by atoms with Crippen molar-refractivity contribution >= 4 is 0 Å². The molecule has 0 radical (unpaired) electrons. The summed E-state index contributed by atoms with van der Waals surface area (Å²) in [5.41, 5.74) is 7.03. The van der Waals surface area contributed by atoms with Gasteiger partial charge in [0.1, 0.15) is 0 Å². The highest BCUT2D eigenvalue weighted by atomic mass is 16.5. The number of hydrogen-bond acceptors (Lipinski definition) is 4. The second-order valence-corrected chi connectivity index (χ2v) is 6.06. The molecular weight excluding hydrogens is 262 g/mol. The van der Waals surface area contributed by atoms with Crippen molar-refractivity contribution in [3.63, 3.8) is 0 Å². The van der Waals surface area contributed by atoms with Gasteiger partial charge in [-0.05, 0) is 49.9 Å². The Labute approximate surface area is 128 Å². The maximum atomic E-state index is 5.98. The summed E-state index contributed by atoms with van der Waals surface area (Å²) in [7, 11) is 0. The molecule has 3 N–H and O–H groups in total. The zero-order valence-electron chi connectivity index (χ0n) is 13.6. The summed E-state index contributed by atoms with van der Waals surface area (Å²) in [4.78, 5) is 2.48. The highest BCUT2D eigenvalue weighted by Gasteiger charge is 2.28. The molecule has 1 aliphatic rings. The molecule has 21 heavy (non-hydrogen) atoms. The van der Waals surface area contributed by atoms with E-state index in [0.717, 1.165) is 32.7 Å². The molecule has 2 rings (SSSR count). The first-order chi connectivity index (χ1) is 10.2. The Kier molecular flexibility index (Phi) is 6.18. The van der Waals surface area contributed by atoms with E-state index in [1.807, 2.05) is 0 Å². The van der Waals surface area contributed by atoms with Crippen molar-refractivity contribution in [3.05, 3.63) is 34.9 Å². The van der Waals surface area contributed by atoms with Gasteiger partial charge in [-0.15, -0.1) is 0 Å². The van der Waals surface area contributed by atoms with Crippen LogP contribution in [0.3, 0.4) is 0 Å². The summed E-state index contributed by atoms with van der Waals surface area (Å²) >= 11 is 0. The molecule has 1 aromatic rings. The molecule has 0 aromatic heterocycles. The molecule has 4 nitrogen and oxygen atoms in total. The Morgan fingerprint density at radius 3 is 2.71 bits per heavy atom. The number of hydrazine groups is 1. The molecule has 1 aliphatic heterocycles. The molecule has 118 valence electrons. The van der Waals surface area contributed by atoms with Gasteiger partial charge in [0.05, 0.1) is 18.8 Å². The molecule has 2 atom stereocenters. The van der Waals surface area contributed by atoms with Crippen LogP contribution in [0, 0.1) is 13.8 Å². The van der Waals surface area contributed by atoms with Crippen LogP contribution in [0.15, 0.2) is 18.2 Å². The van der Waals surface area contributed by atoms with E-state index in [2.05, 4.69) is 49.3 Å². The van der Waals surface area contributed by atoms with Crippen LogP contribution in [0.5, 0.6) is 0 Å². The smallest absolute Gasteiger partial charge is 0.0871 e. The van der Waals surface area contributed by atoms with E-state index in [9.17, 15) is 0 Å². The second kappa shape index (κ2) is 7.90. The zero-order chi connectivity index (χ0) is 15.2. The normalized spacial score (nSPS) is 21.4. The maximum absolute atomic E-state index is 5.98. The average Bonchev–Trinajstić information content (AvgIpc) is 2.48. The fraction of sp³-hybridized carbons (Fsp3) is 0.647. The molecular formula is C17H29N3O. The fourth-order valence-electron chi connectivity index (χ4n) is 3.18. The van der Waals surface area contributed by atoms with Crippen LogP contribution in [0.4, 0.5) is 0 Å². The number of nitrogens with one attached hydrogen (secondary N) is 1. The Morgan fingerprint density at radius 2 is 2.10 bits per heavy atom. The van der Waals surface area contributed by atoms with Gasteiger partial charge >= 0.3 is 0 Å². The average molecular weight is 291 g/mol. The predicted molar refractivity (Wildman–Crippen MR) is 87.2 cm³/mol. The minimum atomic E-state index is 0.157. The van der Waals surface area contributed by atoms with Crippen molar-refractivity contribution in [1.82, 2.24) is 10.3 Å². The number of rotatable bonds is 6. The number of nitrogens with zero attached hydrogens (tertiary/aromatic N) is 1. The lowest BCUT2D eigenvalue weighted by Crippen LogP contribution is -2.55. The number of ether oxygens (including phenoxy) is 1. The van der Waals surface area contributed by atoms with E-state index in [-0.39, 0.29) is 12.1 Å². The topological polar surface area (TPSA) is 50.5 Å². The molecule has 1 aromatic carbocycles. The van der Waals surface area contributed by atoms with E-state index >= 15 is 0 Å². The van der Waals surface area contributed by atoms with Crippen LogP contribution in [-0.2, 0) is 11.2 Å². The Hall–Kier alpha value is -0.940. The first kappa shape index (κ1) is 16.4. The highest BCUT2D eigenvalue weighted by Crippen LogP contribution is 2.19.